The fourth-order valence-electron chi connectivity index (χ4n) is 3.41. The number of para-hydroxylation sites is 1. The standard InChI is InChI=1S/C23H22N2O4S/c1-16(22(26)25-12-4-6-17-5-2-3-7-21(17)25)29-23(27)18-8-10-20(11-9-18)28-13-19-14-30-15-24-19/h2-3,5,7-11,14-16H,4,6,12-13H2,1H3. The van der Waals surface area contributed by atoms with Gasteiger partial charge >= 0.3 is 5.97 Å². The molecule has 7 heteroatoms. The second-order valence-electron chi connectivity index (χ2n) is 7.06. The summed E-state index contributed by atoms with van der Waals surface area (Å²) in [5, 5.41) is 1.92. The molecule has 1 amide bonds. The minimum Gasteiger partial charge on any atom is -0.487 e. The van der Waals surface area contributed by atoms with E-state index in [4.69, 9.17) is 9.47 Å². The highest BCUT2D eigenvalue weighted by Crippen LogP contribution is 2.27. The molecule has 154 valence electrons. The topological polar surface area (TPSA) is 68.7 Å². The number of esters is 1. The molecule has 1 aliphatic heterocycles. The highest BCUT2D eigenvalue weighted by atomic mass is 32.1. The number of rotatable bonds is 6. The van der Waals surface area contributed by atoms with E-state index < -0.39 is 12.1 Å². The Morgan fingerprint density at radius 3 is 2.73 bits per heavy atom. The van der Waals surface area contributed by atoms with E-state index in [1.54, 1.807) is 41.6 Å². The third-order valence-electron chi connectivity index (χ3n) is 4.97. The number of amides is 1. The molecule has 0 radical (unpaired) electrons. The van der Waals surface area contributed by atoms with Crippen LogP contribution in [0.2, 0.25) is 0 Å². The van der Waals surface area contributed by atoms with Crippen molar-refractivity contribution in [3.05, 3.63) is 76.2 Å². The minimum absolute atomic E-state index is 0.210. The number of aryl methyl sites for hydroxylation is 1. The first-order valence-corrected chi connectivity index (χ1v) is 10.8. The van der Waals surface area contributed by atoms with Crippen molar-refractivity contribution in [3.8, 4) is 5.75 Å². The van der Waals surface area contributed by atoms with Crippen LogP contribution in [0.4, 0.5) is 5.69 Å². The van der Waals surface area contributed by atoms with E-state index in [0.29, 0.717) is 24.5 Å². The van der Waals surface area contributed by atoms with Gasteiger partial charge in [-0.2, -0.15) is 0 Å². The van der Waals surface area contributed by atoms with E-state index in [0.717, 1.165) is 29.8 Å². The predicted octanol–water partition coefficient (Wildman–Crippen LogP) is 4.25. The maximum absolute atomic E-state index is 12.9. The van der Waals surface area contributed by atoms with E-state index in [-0.39, 0.29) is 5.91 Å². The zero-order chi connectivity index (χ0) is 20.9. The third kappa shape index (κ3) is 4.52. The molecule has 6 nitrogen and oxygen atoms in total. The Kier molecular flexibility index (Phi) is 6.09. The van der Waals surface area contributed by atoms with Gasteiger partial charge in [0.15, 0.2) is 6.10 Å². The summed E-state index contributed by atoms with van der Waals surface area (Å²) in [4.78, 5) is 31.3. The van der Waals surface area contributed by atoms with Gasteiger partial charge in [-0.25, -0.2) is 9.78 Å². The summed E-state index contributed by atoms with van der Waals surface area (Å²) >= 11 is 1.51. The minimum atomic E-state index is -0.871. The third-order valence-corrected chi connectivity index (χ3v) is 5.60. The number of hydrogen-bond acceptors (Lipinski definition) is 6. The van der Waals surface area contributed by atoms with Crippen LogP contribution in [0, 0.1) is 0 Å². The number of nitrogens with zero attached hydrogens (tertiary/aromatic N) is 2. The van der Waals surface area contributed by atoms with Gasteiger partial charge in [0.25, 0.3) is 5.91 Å². The quantitative estimate of drug-likeness (QED) is 0.556. The maximum Gasteiger partial charge on any atom is 0.338 e. The Morgan fingerprint density at radius 2 is 1.97 bits per heavy atom. The van der Waals surface area contributed by atoms with E-state index in [1.165, 1.54) is 11.3 Å². The molecule has 0 saturated heterocycles. The van der Waals surface area contributed by atoms with Crippen LogP contribution < -0.4 is 9.64 Å². The van der Waals surface area contributed by atoms with Crippen LogP contribution in [0.25, 0.3) is 0 Å². The fourth-order valence-corrected chi connectivity index (χ4v) is 3.96. The Balaban J connectivity index is 1.36. The van der Waals surface area contributed by atoms with Crippen molar-refractivity contribution in [2.24, 2.45) is 0 Å². The number of benzene rings is 2. The van der Waals surface area contributed by atoms with Crippen LogP contribution in [0.5, 0.6) is 5.75 Å². The SMILES string of the molecule is CC(OC(=O)c1ccc(OCc2cscn2)cc1)C(=O)N1CCCc2ccccc21. The van der Waals surface area contributed by atoms with E-state index in [2.05, 4.69) is 4.98 Å². The lowest BCUT2D eigenvalue weighted by Gasteiger charge is -2.31. The smallest absolute Gasteiger partial charge is 0.338 e. The average molecular weight is 423 g/mol. The number of anilines is 1. The molecule has 0 aliphatic carbocycles. The monoisotopic (exact) mass is 422 g/mol. The molecule has 3 aromatic rings. The number of hydrogen-bond donors (Lipinski definition) is 0. The Hall–Kier alpha value is -3.19. The molecule has 30 heavy (non-hydrogen) atoms. The summed E-state index contributed by atoms with van der Waals surface area (Å²) < 4.78 is 11.1. The summed E-state index contributed by atoms with van der Waals surface area (Å²) in [6.45, 7) is 2.61. The van der Waals surface area contributed by atoms with Gasteiger partial charge in [0.2, 0.25) is 0 Å². The molecule has 4 rings (SSSR count). The first kappa shape index (κ1) is 20.1. The van der Waals surface area contributed by atoms with Gasteiger partial charge < -0.3 is 14.4 Å². The van der Waals surface area contributed by atoms with Gasteiger partial charge in [0.1, 0.15) is 12.4 Å². The van der Waals surface area contributed by atoms with Crippen molar-refractivity contribution in [3.63, 3.8) is 0 Å². The molecule has 0 fully saturated rings. The molecule has 0 spiro atoms. The van der Waals surface area contributed by atoms with E-state index in [9.17, 15) is 9.59 Å². The van der Waals surface area contributed by atoms with Crippen LogP contribution in [-0.4, -0.2) is 29.5 Å². The summed E-state index contributed by atoms with van der Waals surface area (Å²) in [5.74, 6) is -0.112. The molecular weight excluding hydrogens is 400 g/mol. The van der Waals surface area contributed by atoms with Crippen LogP contribution in [0.1, 0.15) is 35.0 Å². The summed E-state index contributed by atoms with van der Waals surface area (Å²) in [5.41, 5.74) is 5.02. The molecular formula is C23H22N2O4S. The molecule has 1 aromatic heterocycles. The zero-order valence-electron chi connectivity index (χ0n) is 16.6. The van der Waals surface area contributed by atoms with Gasteiger partial charge in [0.05, 0.1) is 16.8 Å². The van der Waals surface area contributed by atoms with Gasteiger partial charge in [-0.05, 0) is 55.7 Å². The van der Waals surface area contributed by atoms with Crippen molar-refractivity contribution in [1.82, 2.24) is 4.98 Å². The molecule has 1 unspecified atom stereocenters. The highest BCUT2D eigenvalue weighted by molar-refractivity contribution is 7.07. The van der Waals surface area contributed by atoms with Crippen molar-refractivity contribution in [2.75, 3.05) is 11.4 Å². The fraction of sp³-hybridized carbons (Fsp3) is 0.261. The van der Waals surface area contributed by atoms with Gasteiger partial charge in [-0.3, -0.25) is 4.79 Å². The second kappa shape index (κ2) is 9.09. The zero-order valence-corrected chi connectivity index (χ0v) is 17.4. The van der Waals surface area contributed by atoms with Gasteiger partial charge in [-0.15, -0.1) is 11.3 Å². The molecule has 0 N–H and O–H groups in total. The maximum atomic E-state index is 12.9. The summed E-state index contributed by atoms with van der Waals surface area (Å²) in [6, 6.07) is 14.5. The first-order valence-electron chi connectivity index (χ1n) is 9.82. The van der Waals surface area contributed by atoms with E-state index in [1.807, 2.05) is 29.6 Å². The Labute approximate surface area is 179 Å². The number of thiazole rings is 1. The normalized spacial score (nSPS) is 14.0. The molecule has 2 heterocycles. The lowest BCUT2D eigenvalue weighted by molar-refractivity contribution is -0.126. The van der Waals surface area contributed by atoms with Gasteiger partial charge in [0, 0.05) is 17.6 Å². The number of carbonyl (C=O) groups excluding carboxylic acids is 2. The molecule has 1 atom stereocenters. The number of aromatic nitrogens is 1. The van der Waals surface area contributed by atoms with Crippen LogP contribution in [-0.2, 0) is 22.6 Å². The summed E-state index contributed by atoms with van der Waals surface area (Å²) in [7, 11) is 0. The first-order chi connectivity index (χ1) is 14.6. The Bertz CT molecular complexity index is 1020. The second-order valence-corrected chi connectivity index (χ2v) is 7.78. The Morgan fingerprint density at radius 1 is 1.17 bits per heavy atom. The lowest BCUT2D eigenvalue weighted by Crippen LogP contribution is -2.42. The van der Waals surface area contributed by atoms with Crippen molar-refractivity contribution in [2.45, 2.75) is 32.5 Å². The lowest BCUT2D eigenvalue weighted by atomic mass is 10.0. The number of carbonyl (C=O) groups is 2. The molecule has 1 aliphatic rings. The average Bonchev–Trinajstić information content (AvgIpc) is 3.31. The number of ether oxygens (including phenoxy) is 2. The highest BCUT2D eigenvalue weighted by Gasteiger charge is 2.28. The van der Waals surface area contributed by atoms with Crippen LogP contribution in [0.15, 0.2) is 59.4 Å². The number of fused-ring (bicyclic) bond motifs is 1. The van der Waals surface area contributed by atoms with Crippen LogP contribution >= 0.6 is 11.3 Å². The van der Waals surface area contributed by atoms with Crippen molar-refractivity contribution < 1.29 is 19.1 Å². The molecule has 0 saturated carbocycles. The van der Waals surface area contributed by atoms with Crippen molar-refractivity contribution in [1.29, 1.82) is 0 Å². The largest absolute Gasteiger partial charge is 0.487 e. The van der Waals surface area contributed by atoms with E-state index >= 15 is 0 Å². The van der Waals surface area contributed by atoms with Crippen LogP contribution in [0.3, 0.4) is 0 Å². The summed E-state index contributed by atoms with van der Waals surface area (Å²) in [6.07, 6.45) is 0.973. The molecule has 2 aromatic carbocycles. The van der Waals surface area contributed by atoms with Crippen molar-refractivity contribution >= 4 is 28.9 Å². The molecule has 0 bridgehead atoms. The van der Waals surface area contributed by atoms with Gasteiger partial charge in [-0.1, -0.05) is 18.2 Å². The predicted molar refractivity (Wildman–Crippen MR) is 115 cm³/mol.